The Labute approximate surface area is 311 Å². The first-order chi connectivity index (χ1) is 20.2. The van der Waals surface area contributed by atoms with E-state index in [2.05, 4.69) is 43.8 Å². The summed E-state index contributed by atoms with van der Waals surface area (Å²) >= 11 is 0. The van der Waals surface area contributed by atoms with Crippen molar-refractivity contribution in [2.75, 3.05) is 11.9 Å². The fourth-order valence-corrected chi connectivity index (χ4v) is 4.36. The van der Waals surface area contributed by atoms with E-state index in [4.69, 9.17) is 0 Å². The van der Waals surface area contributed by atoms with Crippen LogP contribution < -0.4 is 61.4 Å². The summed E-state index contributed by atoms with van der Waals surface area (Å²) in [6.45, 7) is 17.4. The maximum absolute atomic E-state index is 12.7. The minimum atomic E-state index is -4.73. The molecule has 1 atom stereocenters. The van der Waals surface area contributed by atoms with E-state index in [0.717, 1.165) is 48.2 Å². The molecule has 1 amide bonds. The molecule has 10 heteroatoms. The molecule has 1 aliphatic heterocycles. The number of anilines is 1. The van der Waals surface area contributed by atoms with Gasteiger partial charge in [0, 0.05) is 24.6 Å². The maximum Gasteiger partial charge on any atom is 1.00 e. The van der Waals surface area contributed by atoms with Crippen molar-refractivity contribution >= 4 is 17.4 Å². The van der Waals surface area contributed by atoms with Gasteiger partial charge >= 0.3 is 57.7 Å². The number of likely N-dealkylation sites (tertiary alicyclic amines) is 1. The molecule has 0 saturated carbocycles. The van der Waals surface area contributed by atoms with Gasteiger partial charge in [-0.1, -0.05) is 90.4 Å². The quantitative estimate of drug-likeness (QED) is 0.0747. The summed E-state index contributed by atoms with van der Waals surface area (Å²) in [4.78, 5) is 25.1. The summed E-state index contributed by atoms with van der Waals surface area (Å²) in [6, 6.07) is 5.71. The topological polar surface area (TPSA) is 58.6 Å². The molecule has 1 aliphatic rings. The van der Waals surface area contributed by atoms with Gasteiger partial charge in [-0.25, -0.2) is 4.39 Å². The zero-order chi connectivity index (χ0) is 32.7. The Balaban J connectivity index is 0. The van der Waals surface area contributed by atoms with Crippen molar-refractivity contribution in [2.24, 2.45) is 11.8 Å². The van der Waals surface area contributed by atoms with Gasteiger partial charge < -0.3 is 22.4 Å². The summed E-state index contributed by atoms with van der Waals surface area (Å²) in [5, 5.41) is 3.43. The third kappa shape index (κ3) is 15.5. The van der Waals surface area contributed by atoms with Crippen molar-refractivity contribution in [1.29, 1.82) is 0 Å². The van der Waals surface area contributed by atoms with Crippen molar-refractivity contribution in [3.05, 3.63) is 85.2 Å². The molecule has 0 unspecified atom stereocenters. The van der Waals surface area contributed by atoms with Gasteiger partial charge in [0.05, 0.1) is 0 Å². The predicted octanol–water partition coefficient (Wildman–Crippen LogP) is 7.31. The molecule has 0 bridgehead atoms. The molecule has 45 heavy (non-hydrogen) atoms. The van der Waals surface area contributed by atoms with Crippen LogP contribution in [-0.4, -0.2) is 29.5 Å². The monoisotopic (exact) mass is 661 g/mol. The first-order valence-corrected chi connectivity index (χ1v) is 15.0. The van der Waals surface area contributed by atoms with Crippen LogP contribution in [0.1, 0.15) is 87.0 Å². The number of Topliss-reactive ketones (excluding diaryl/α,β-unsaturated/α-hetero) is 1. The first kappa shape index (κ1) is 45.3. The van der Waals surface area contributed by atoms with Crippen LogP contribution in [0.2, 0.25) is 0 Å². The minimum absolute atomic E-state index is 0. The standard InChI is InChI=1S/C27H36F3N2O2.C7H11FO.CH3.K/c1-6-11-24(32-17-10-12-25(32)33)23(18-20(8-3)9-4)26(19(5)7-2)31-21-13-15-22(16-14-21)34-27(28,29)30;1-4-5(2)7(9)6(3)8;;/h6,11,13-16,18,20,31H,7-10,12,17H2,1-5H3;5H,3-4H2,1-2H3;1H3;/q-1;;-1;+1/b11-6-,24-23+,26-19?;;;/t;5-;;/m.1../s1. The molecule has 2 rings (SSSR count). The number of alkyl halides is 3. The number of allylic oxidation sites excluding steroid dienone is 5. The summed E-state index contributed by atoms with van der Waals surface area (Å²) < 4.78 is 53.6. The third-order valence-corrected chi connectivity index (χ3v) is 7.33. The van der Waals surface area contributed by atoms with E-state index in [1.54, 1.807) is 19.1 Å². The number of carbonyl (C=O) groups is 2. The van der Waals surface area contributed by atoms with Gasteiger partial charge in [0.25, 0.3) is 0 Å². The van der Waals surface area contributed by atoms with Gasteiger partial charge in [-0.2, -0.15) is 6.42 Å². The molecule has 1 N–H and O–H groups in total. The summed E-state index contributed by atoms with van der Waals surface area (Å²) in [7, 11) is 0. The Morgan fingerprint density at radius 1 is 1.13 bits per heavy atom. The van der Waals surface area contributed by atoms with Gasteiger partial charge in [-0.3, -0.25) is 9.59 Å². The predicted molar refractivity (Wildman–Crippen MR) is 172 cm³/mol. The second-order valence-electron chi connectivity index (χ2n) is 10.5. The summed E-state index contributed by atoms with van der Waals surface area (Å²) in [5.41, 5.74) is 4.38. The number of halogens is 4. The van der Waals surface area contributed by atoms with Crippen LogP contribution in [0.15, 0.2) is 71.4 Å². The SMILES string of the molecule is C/C=C\C(=C(\[CH-]C(CC)CC)C(Nc1ccc(OC(F)(F)F)cc1)=C(C)CC)N1CCCC1=O.C=C(F)C(=O)[C@H](C)CC.[CH3-].[K+]. The number of benzene rings is 1. The Morgan fingerprint density at radius 3 is 2.09 bits per heavy atom. The van der Waals surface area contributed by atoms with Crippen molar-refractivity contribution in [1.82, 2.24) is 4.90 Å². The normalized spacial score (nSPS) is 14.8. The van der Waals surface area contributed by atoms with Crippen molar-refractivity contribution in [3.63, 3.8) is 0 Å². The summed E-state index contributed by atoms with van der Waals surface area (Å²) in [5.74, 6) is -1.38. The van der Waals surface area contributed by atoms with Crippen LogP contribution in [0.3, 0.4) is 0 Å². The van der Waals surface area contributed by atoms with Crippen LogP contribution >= 0.6 is 0 Å². The average Bonchev–Trinajstić information content (AvgIpc) is 3.40. The van der Waals surface area contributed by atoms with Crippen LogP contribution in [0.5, 0.6) is 5.75 Å². The van der Waals surface area contributed by atoms with Gasteiger partial charge in [0.2, 0.25) is 5.91 Å². The molecule has 0 aliphatic carbocycles. The van der Waals surface area contributed by atoms with Crippen LogP contribution in [0, 0.1) is 25.7 Å². The van der Waals surface area contributed by atoms with Crippen molar-refractivity contribution < 1.29 is 83.3 Å². The number of rotatable bonds is 14. The number of hydrogen-bond donors (Lipinski definition) is 1. The Bertz CT molecular complexity index is 1170. The zero-order valence-corrected chi connectivity index (χ0v) is 31.7. The fraction of sp³-hybridized carbons (Fsp3) is 0.486. The number of carbonyl (C=O) groups excluding carboxylic acids is 2. The molecule has 1 fully saturated rings. The maximum atomic E-state index is 12.7. The van der Waals surface area contributed by atoms with Crippen molar-refractivity contribution in [2.45, 2.75) is 93.4 Å². The fourth-order valence-electron chi connectivity index (χ4n) is 4.36. The Hall–Kier alpha value is -1.85. The smallest absolute Gasteiger partial charge is 0.408 e. The number of amides is 1. The van der Waals surface area contributed by atoms with E-state index in [1.165, 1.54) is 12.1 Å². The number of ketones is 1. The van der Waals surface area contributed by atoms with E-state index in [-0.39, 0.29) is 76.4 Å². The molecule has 0 spiro atoms. The number of ether oxygens (including phenoxy) is 1. The molecule has 0 radical (unpaired) electrons. The van der Waals surface area contributed by atoms with Crippen molar-refractivity contribution in [3.8, 4) is 5.75 Å². The first-order valence-electron chi connectivity index (χ1n) is 15.0. The van der Waals surface area contributed by atoms with Crippen LogP contribution in [0.25, 0.3) is 0 Å². The molecule has 1 saturated heterocycles. The number of hydrogen-bond acceptors (Lipinski definition) is 4. The minimum Gasteiger partial charge on any atom is -0.408 e. The number of nitrogens with one attached hydrogen (secondary N) is 1. The van der Waals surface area contributed by atoms with E-state index in [0.29, 0.717) is 31.0 Å². The van der Waals surface area contributed by atoms with E-state index in [9.17, 15) is 27.2 Å². The Morgan fingerprint density at radius 2 is 1.71 bits per heavy atom. The van der Waals surface area contributed by atoms with Crippen LogP contribution in [-0.2, 0) is 9.59 Å². The van der Waals surface area contributed by atoms with E-state index < -0.39 is 18.0 Å². The van der Waals surface area contributed by atoms with E-state index in [1.807, 2.05) is 37.8 Å². The van der Waals surface area contributed by atoms with Gasteiger partial charge in [0.1, 0.15) is 5.75 Å². The largest absolute Gasteiger partial charge is 1.00 e. The zero-order valence-electron chi connectivity index (χ0n) is 28.5. The second kappa shape index (κ2) is 22.6. The average molecular weight is 662 g/mol. The molecule has 5 nitrogen and oxygen atoms in total. The number of nitrogens with zero attached hydrogens (tertiary/aromatic N) is 1. The van der Waals surface area contributed by atoms with Gasteiger partial charge in [-0.05, 0) is 50.5 Å². The molecular formula is C35H50F4KN2O3-. The molecule has 1 aromatic carbocycles. The molecule has 1 aromatic rings. The Kier molecular flexibility index (Phi) is 22.8. The third-order valence-electron chi connectivity index (χ3n) is 7.33. The van der Waals surface area contributed by atoms with E-state index >= 15 is 0 Å². The molecule has 1 heterocycles. The molecular weight excluding hydrogens is 611 g/mol. The summed E-state index contributed by atoms with van der Waals surface area (Å²) in [6.07, 6.45) is 6.10. The van der Waals surface area contributed by atoms with Gasteiger partial charge in [0.15, 0.2) is 11.6 Å². The molecule has 0 aromatic heterocycles. The van der Waals surface area contributed by atoms with Crippen LogP contribution in [0.4, 0.5) is 23.2 Å². The second-order valence-corrected chi connectivity index (χ2v) is 10.5. The molecule has 248 valence electrons. The van der Waals surface area contributed by atoms with Gasteiger partial charge in [-0.15, -0.1) is 24.3 Å².